The second-order valence-electron chi connectivity index (χ2n) is 9.29. The summed E-state index contributed by atoms with van der Waals surface area (Å²) >= 11 is 0. The fraction of sp³-hybridized carbons (Fsp3) is 0.762. The van der Waals surface area contributed by atoms with Crippen LogP contribution in [0.5, 0.6) is 0 Å². The zero-order valence-corrected chi connectivity index (χ0v) is 17.0. The number of aromatic nitrogens is 1. The molecule has 1 heterocycles. The zero-order valence-electron chi connectivity index (χ0n) is 17.0. The van der Waals surface area contributed by atoms with Crippen LogP contribution in [-0.4, -0.2) is 47.7 Å². The second-order valence-corrected chi connectivity index (χ2v) is 9.29. The summed E-state index contributed by atoms with van der Waals surface area (Å²) < 4.78 is 5.04. The van der Waals surface area contributed by atoms with Crippen LogP contribution in [0.4, 0.5) is 0 Å². The van der Waals surface area contributed by atoms with E-state index in [1.165, 1.54) is 0 Å². The molecule has 4 rings (SSSR count). The molecule has 7 heteroatoms. The third-order valence-electron chi connectivity index (χ3n) is 7.49. The Morgan fingerprint density at radius 3 is 2.64 bits per heavy atom. The molecular weight excluding hydrogens is 358 g/mol. The summed E-state index contributed by atoms with van der Waals surface area (Å²) in [6, 6.07) is 1.79. The van der Waals surface area contributed by atoms with Crippen molar-refractivity contribution in [2.24, 2.45) is 35.0 Å². The van der Waals surface area contributed by atoms with Gasteiger partial charge in [0.1, 0.15) is 11.5 Å². The molecule has 7 nitrogen and oxygen atoms in total. The van der Waals surface area contributed by atoms with Crippen molar-refractivity contribution in [2.75, 3.05) is 20.6 Å². The topological polar surface area (TPSA) is 95.7 Å². The fourth-order valence-corrected chi connectivity index (χ4v) is 6.47. The standard InChI is InChI=1S/C21H31N3O4/c1-12-9-14(23-28-12)11-22-19(25)17-15-6-7-16(18(17)20(26)27)21(15)10-13(21)5-4-8-24(2)3/h9,13,15-18H,4-8,10-11H2,1-3H3,(H,22,25)(H,26,27)/t13?,15-,16+,17+,18+,21?/m0/s1. The summed E-state index contributed by atoms with van der Waals surface area (Å²) in [6.07, 6.45) is 5.33. The van der Waals surface area contributed by atoms with E-state index in [1.54, 1.807) is 6.07 Å². The lowest BCUT2D eigenvalue weighted by Gasteiger charge is -2.26. The van der Waals surface area contributed by atoms with E-state index in [4.69, 9.17) is 4.52 Å². The van der Waals surface area contributed by atoms with E-state index < -0.39 is 17.8 Å². The van der Waals surface area contributed by atoms with Crippen LogP contribution in [0.25, 0.3) is 0 Å². The molecule has 28 heavy (non-hydrogen) atoms. The number of carboxylic acid groups (broad SMARTS) is 1. The van der Waals surface area contributed by atoms with Crippen LogP contribution in [0.15, 0.2) is 10.6 Å². The molecule has 3 aliphatic carbocycles. The minimum absolute atomic E-state index is 0.0991. The van der Waals surface area contributed by atoms with Crippen molar-refractivity contribution < 1.29 is 19.2 Å². The maximum Gasteiger partial charge on any atom is 0.307 e. The predicted molar refractivity (Wildman–Crippen MR) is 102 cm³/mol. The highest BCUT2D eigenvalue weighted by molar-refractivity contribution is 5.86. The first-order valence-corrected chi connectivity index (χ1v) is 10.4. The number of hydrogen-bond donors (Lipinski definition) is 2. The molecule has 0 aromatic carbocycles. The van der Waals surface area contributed by atoms with Gasteiger partial charge in [0.15, 0.2) is 0 Å². The van der Waals surface area contributed by atoms with Gasteiger partial charge in [-0.1, -0.05) is 5.16 Å². The molecule has 0 aliphatic heterocycles. The average molecular weight is 389 g/mol. The highest BCUT2D eigenvalue weighted by atomic mass is 16.5. The molecule has 1 amide bonds. The number of hydrogen-bond acceptors (Lipinski definition) is 5. The Hall–Kier alpha value is -1.89. The van der Waals surface area contributed by atoms with Crippen LogP contribution in [0.3, 0.4) is 0 Å². The molecule has 1 aromatic rings. The van der Waals surface area contributed by atoms with Gasteiger partial charge < -0.3 is 19.8 Å². The molecule has 154 valence electrons. The third kappa shape index (κ3) is 3.13. The van der Waals surface area contributed by atoms with Gasteiger partial charge in [-0.25, -0.2) is 0 Å². The van der Waals surface area contributed by atoms with Gasteiger partial charge in [0.25, 0.3) is 0 Å². The molecule has 6 atom stereocenters. The van der Waals surface area contributed by atoms with Gasteiger partial charge in [-0.3, -0.25) is 9.59 Å². The Morgan fingerprint density at radius 1 is 1.32 bits per heavy atom. The highest BCUT2D eigenvalue weighted by Crippen LogP contribution is 2.78. The number of nitrogens with one attached hydrogen (secondary N) is 1. The van der Waals surface area contributed by atoms with E-state index in [1.807, 2.05) is 6.92 Å². The first-order chi connectivity index (χ1) is 13.3. The summed E-state index contributed by atoms with van der Waals surface area (Å²) in [5, 5.41) is 16.8. The smallest absolute Gasteiger partial charge is 0.307 e. The maximum atomic E-state index is 13.0. The number of carbonyl (C=O) groups is 2. The zero-order chi connectivity index (χ0) is 20.1. The third-order valence-corrected chi connectivity index (χ3v) is 7.49. The molecule has 3 fully saturated rings. The highest BCUT2D eigenvalue weighted by Gasteiger charge is 2.75. The first-order valence-electron chi connectivity index (χ1n) is 10.4. The van der Waals surface area contributed by atoms with Crippen molar-refractivity contribution >= 4 is 11.9 Å². The molecule has 0 saturated heterocycles. The van der Waals surface area contributed by atoms with Crippen LogP contribution in [0.2, 0.25) is 0 Å². The molecule has 1 spiro atoms. The largest absolute Gasteiger partial charge is 0.481 e. The second kappa shape index (κ2) is 7.17. The van der Waals surface area contributed by atoms with Crippen molar-refractivity contribution in [2.45, 2.75) is 45.6 Å². The number of amides is 1. The number of aryl methyl sites for hydroxylation is 1. The Morgan fingerprint density at radius 2 is 2.04 bits per heavy atom. The Bertz CT molecular complexity index is 761. The van der Waals surface area contributed by atoms with E-state index in [0.717, 1.165) is 38.6 Å². The van der Waals surface area contributed by atoms with Crippen molar-refractivity contribution in [3.63, 3.8) is 0 Å². The lowest BCUT2D eigenvalue weighted by molar-refractivity contribution is -0.149. The van der Waals surface area contributed by atoms with Crippen molar-refractivity contribution in [3.05, 3.63) is 17.5 Å². The van der Waals surface area contributed by atoms with Gasteiger partial charge in [-0.15, -0.1) is 0 Å². The molecule has 0 radical (unpaired) electrons. The summed E-state index contributed by atoms with van der Waals surface area (Å²) in [5.41, 5.74) is 0.769. The van der Waals surface area contributed by atoms with E-state index in [9.17, 15) is 14.7 Å². The number of carboxylic acids is 1. The van der Waals surface area contributed by atoms with Gasteiger partial charge in [0, 0.05) is 6.07 Å². The predicted octanol–water partition coefficient (Wildman–Crippen LogP) is 2.30. The van der Waals surface area contributed by atoms with Gasteiger partial charge in [0.2, 0.25) is 5.91 Å². The Labute approximate surface area is 165 Å². The van der Waals surface area contributed by atoms with Gasteiger partial charge in [0.05, 0.1) is 18.4 Å². The molecule has 1 aromatic heterocycles. The van der Waals surface area contributed by atoms with Gasteiger partial charge >= 0.3 is 5.97 Å². The average Bonchev–Trinajstić information content (AvgIpc) is 2.89. The van der Waals surface area contributed by atoms with Crippen LogP contribution in [0, 0.1) is 41.9 Å². The molecule has 2 bridgehead atoms. The minimum Gasteiger partial charge on any atom is -0.481 e. The SMILES string of the molecule is Cc1cc(CNC(=O)[C@H]2[C@H](C(=O)O)[C@H]3CC[C@@H]2C32CC2CCCN(C)C)no1. The number of rotatable bonds is 8. The number of carbonyl (C=O) groups excluding carboxylic acids is 1. The Kier molecular flexibility index (Phi) is 4.98. The molecule has 2 N–H and O–H groups in total. The van der Waals surface area contributed by atoms with Crippen LogP contribution >= 0.6 is 0 Å². The lowest BCUT2D eigenvalue weighted by atomic mass is 9.78. The van der Waals surface area contributed by atoms with E-state index in [2.05, 4.69) is 29.5 Å². The first kappa shape index (κ1) is 19.4. The number of aliphatic carboxylic acids is 1. The minimum atomic E-state index is -0.803. The Balaban J connectivity index is 1.45. The van der Waals surface area contributed by atoms with Crippen molar-refractivity contribution in [1.29, 1.82) is 0 Å². The summed E-state index contributed by atoms with van der Waals surface area (Å²) in [4.78, 5) is 27.3. The quantitative estimate of drug-likeness (QED) is 0.708. The van der Waals surface area contributed by atoms with E-state index >= 15 is 0 Å². The molecule has 2 unspecified atom stereocenters. The summed E-state index contributed by atoms with van der Waals surface area (Å²) in [6.45, 7) is 3.16. The van der Waals surface area contributed by atoms with Crippen LogP contribution < -0.4 is 5.32 Å². The maximum absolute atomic E-state index is 13.0. The normalized spacial score (nSPS) is 35.6. The monoisotopic (exact) mass is 389 g/mol. The molecular formula is C21H31N3O4. The molecule has 3 aliphatic rings. The van der Waals surface area contributed by atoms with E-state index in [0.29, 0.717) is 17.4 Å². The van der Waals surface area contributed by atoms with Gasteiger partial charge in [-0.05, 0) is 82.8 Å². The summed E-state index contributed by atoms with van der Waals surface area (Å²) in [5.74, 6) is -0.236. The number of nitrogens with zero attached hydrogens (tertiary/aromatic N) is 2. The van der Waals surface area contributed by atoms with E-state index in [-0.39, 0.29) is 29.7 Å². The van der Waals surface area contributed by atoms with Crippen LogP contribution in [0.1, 0.15) is 43.6 Å². The van der Waals surface area contributed by atoms with Crippen molar-refractivity contribution in [1.82, 2.24) is 15.4 Å². The summed E-state index contributed by atoms with van der Waals surface area (Å²) in [7, 11) is 4.16. The van der Waals surface area contributed by atoms with Crippen LogP contribution in [-0.2, 0) is 16.1 Å². The van der Waals surface area contributed by atoms with Gasteiger partial charge in [-0.2, -0.15) is 0 Å². The van der Waals surface area contributed by atoms with Crippen molar-refractivity contribution in [3.8, 4) is 0 Å². The fourth-order valence-electron chi connectivity index (χ4n) is 6.47. The molecule has 3 saturated carbocycles. The lowest BCUT2D eigenvalue weighted by Crippen LogP contribution is -2.41.